The monoisotopic (exact) mass is 935 g/mol. The molecule has 10 aromatic rings. The molecule has 0 amide bonds. The van der Waals surface area contributed by atoms with Gasteiger partial charge in [-0.25, -0.2) is 0 Å². The van der Waals surface area contributed by atoms with Crippen LogP contribution in [0.4, 0.5) is 11.4 Å². The van der Waals surface area contributed by atoms with Crippen molar-refractivity contribution in [2.45, 2.75) is 127 Å². The molecule has 6 aliphatic rings. The van der Waals surface area contributed by atoms with Crippen molar-refractivity contribution >= 4 is 83.7 Å². The van der Waals surface area contributed by atoms with Gasteiger partial charge in [0.15, 0.2) is 0 Å². The highest BCUT2D eigenvalue weighted by atomic mass is 16.3. The zero-order valence-electron chi connectivity index (χ0n) is 42.3. The maximum atomic E-state index is 7.02. The van der Waals surface area contributed by atoms with Gasteiger partial charge in [-0.05, 0) is 182 Å². The minimum absolute atomic E-state index is 0.0357. The van der Waals surface area contributed by atoms with Crippen molar-refractivity contribution in [3.05, 3.63) is 162 Å². The molecular formula is C68H63BN2O. The number of fused-ring (bicyclic) bond motifs is 15. The lowest BCUT2D eigenvalue weighted by molar-refractivity contribution is 0.149. The Bertz CT molecular complexity index is 3880. The number of furan rings is 1. The average Bonchev–Trinajstić information content (AvgIpc) is 3.93. The summed E-state index contributed by atoms with van der Waals surface area (Å²) in [6.07, 6.45) is 19.0. The Morgan fingerprint density at radius 1 is 0.528 bits per heavy atom. The second-order valence-corrected chi connectivity index (χ2v) is 24.9. The van der Waals surface area contributed by atoms with Crippen LogP contribution in [0.15, 0.2) is 150 Å². The summed E-state index contributed by atoms with van der Waals surface area (Å²) in [4.78, 5) is 2.75. The second-order valence-electron chi connectivity index (χ2n) is 24.9. The standard InChI is InChI=1S/C68H63BN2O/c1-66(2,3)48-21-24-51(25-22-48)71-60-39-63-55(54-31-45-19-7-8-20-46(45)34-62(54)72-63)38-53(60)56-32-47(44-17-5-4-6-18-44)33-61-64(56)69(71)58-37-50(68-29-11-15-43(41-68)16-12-30-68)36-57-52-35-49(23-26-59(52)70(61)65(57)58)67-27-9-13-42(40-67)14-10-28-67/h4-8,17-26,31-39,42-43H,9-16,27-30,40-41H2,1-3H3. The van der Waals surface area contributed by atoms with Crippen molar-refractivity contribution in [1.29, 1.82) is 0 Å². The zero-order chi connectivity index (χ0) is 47.7. The Hall–Kier alpha value is -6.52. The van der Waals surface area contributed by atoms with Crippen LogP contribution in [0.3, 0.4) is 0 Å². The van der Waals surface area contributed by atoms with E-state index in [9.17, 15) is 0 Å². The molecule has 4 heteroatoms. The van der Waals surface area contributed by atoms with Crippen molar-refractivity contribution < 1.29 is 4.42 Å². The fourth-order valence-corrected chi connectivity index (χ4v) is 16.5. The van der Waals surface area contributed by atoms with Crippen LogP contribution in [-0.4, -0.2) is 11.4 Å². The van der Waals surface area contributed by atoms with Crippen LogP contribution in [0.25, 0.3) is 82.5 Å². The smallest absolute Gasteiger partial charge is 0.333 e. The molecule has 0 N–H and O–H groups in total. The normalized spacial score (nSPS) is 23.3. The van der Waals surface area contributed by atoms with Crippen LogP contribution >= 0.6 is 0 Å². The van der Waals surface area contributed by atoms with Gasteiger partial charge in [-0.3, -0.25) is 0 Å². The van der Waals surface area contributed by atoms with Crippen LogP contribution in [0.2, 0.25) is 0 Å². The van der Waals surface area contributed by atoms with Gasteiger partial charge in [0.25, 0.3) is 0 Å². The van der Waals surface area contributed by atoms with Crippen LogP contribution in [0.5, 0.6) is 0 Å². The minimum atomic E-state index is -0.0635. The number of nitrogens with zero attached hydrogens (tertiary/aromatic N) is 2. The highest BCUT2D eigenvalue weighted by Crippen LogP contribution is 2.55. The van der Waals surface area contributed by atoms with Crippen molar-refractivity contribution in [2.24, 2.45) is 11.8 Å². The predicted octanol–water partition coefficient (Wildman–Crippen LogP) is 17.3. The molecular weight excluding hydrogens is 872 g/mol. The first kappa shape index (κ1) is 42.0. The molecule has 4 bridgehead atoms. The first-order valence-electron chi connectivity index (χ1n) is 27.8. The Kier molecular flexibility index (Phi) is 8.78. The molecule has 3 nitrogen and oxygen atoms in total. The van der Waals surface area contributed by atoms with E-state index in [1.165, 1.54) is 189 Å². The molecule has 72 heavy (non-hydrogen) atoms. The first-order valence-corrected chi connectivity index (χ1v) is 27.8. The number of benzene rings is 8. The summed E-state index contributed by atoms with van der Waals surface area (Å²) in [5.74, 6) is 1.72. The Balaban J connectivity index is 1.04. The molecule has 0 saturated heterocycles. The molecule has 0 unspecified atom stereocenters. The number of hydrogen-bond donors (Lipinski definition) is 0. The predicted molar refractivity (Wildman–Crippen MR) is 304 cm³/mol. The summed E-state index contributed by atoms with van der Waals surface area (Å²) in [6.45, 7) is 6.94. The molecule has 0 radical (unpaired) electrons. The molecule has 8 aromatic carbocycles. The summed E-state index contributed by atoms with van der Waals surface area (Å²) in [5, 5.41) is 7.71. The summed E-state index contributed by atoms with van der Waals surface area (Å²) in [5.41, 5.74) is 21.5. The van der Waals surface area contributed by atoms with E-state index in [1.54, 1.807) is 11.1 Å². The third-order valence-corrected chi connectivity index (χ3v) is 19.9. The van der Waals surface area contributed by atoms with Gasteiger partial charge in [0.2, 0.25) is 0 Å². The SMILES string of the molecule is CC(C)(C)c1ccc(N2B3c4c(cc(-c5ccccc5)cc4-n4c5ccc(C67CCCC(CCC6)C7)cc5c5cc(C67CCCC(CCC6)C7)cc3c54)-c3cc4c(cc32)oc2cc3ccccc3cc24)cc1. The Labute approximate surface area is 424 Å². The van der Waals surface area contributed by atoms with Crippen LogP contribution in [0.1, 0.15) is 127 Å². The van der Waals surface area contributed by atoms with Crippen molar-refractivity contribution in [1.82, 2.24) is 4.57 Å². The van der Waals surface area contributed by atoms with Crippen molar-refractivity contribution in [3.8, 4) is 27.9 Å². The highest BCUT2D eigenvalue weighted by Gasteiger charge is 2.48. The molecule has 2 aromatic heterocycles. The lowest BCUT2D eigenvalue weighted by atomic mass is 9.43. The Morgan fingerprint density at radius 3 is 1.88 bits per heavy atom. The molecule has 4 saturated carbocycles. The number of anilines is 2. The van der Waals surface area contributed by atoms with Gasteiger partial charge < -0.3 is 13.8 Å². The molecule has 0 atom stereocenters. The van der Waals surface area contributed by atoms with Gasteiger partial charge in [-0.15, -0.1) is 0 Å². The number of aromatic nitrogens is 1. The molecule has 4 heterocycles. The molecule has 4 fully saturated rings. The van der Waals surface area contributed by atoms with Gasteiger partial charge in [-0.2, -0.15) is 0 Å². The van der Waals surface area contributed by atoms with E-state index >= 15 is 0 Å². The van der Waals surface area contributed by atoms with Crippen LogP contribution in [-0.2, 0) is 16.2 Å². The fraction of sp³-hybridized carbons (Fsp3) is 0.324. The number of hydrogen-bond acceptors (Lipinski definition) is 2. The fourth-order valence-electron chi connectivity index (χ4n) is 16.5. The van der Waals surface area contributed by atoms with Crippen LogP contribution in [0, 0.1) is 11.8 Å². The van der Waals surface area contributed by atoms with E-state index < -0.39 is 0 Å². The maximum absolute atomic E-state index is 7.02. The molecule has 4 aliphatic carbocycles. The lowest BCUT2D eigenvalue weighted by Gasteiger charge is -2.47. The topological polar surface area (TPSA) is 21.3 Å². The summed E-state index contributed by atoms with van der Waals surface area (Å²) in [6, 6.07) is 57.6. The van der Waals surface area contributed by atoms with Gasteiger partial charge in [0, 0.05) is 50.2 Å². The van der Waals surface area contributed by atoms with E-state index in [-0.39, 0.29) is 17.7 Å². The summed E-state index contributed by atoms with van der Waals surface area (Å²) in [7, 11) is 0. The van der Waals surface area contributed by atoms with Gasteiger partial charge >= 0.3 is 6.85 Å². The quantitative estimate of drug-likeness (QED) is 0.164. The molecule has 354 valence electrons. The van der Waals surface area contributed by atoms with Gasteiger partial charge in [-0.1, -0.05) is 151 Å². The molecule has 16 rings (SSSR count). The minimum Gasteiger partial charge on any atom is -0.456 e. The second kappa shape index (κ2) is 15.0. The van der Waals surface area contributed by atoms with Crippen LogP contribution < -0.4 is 15.7 Å². The third-order valence-electron chi connectivity index (χ3n) is 19.9. The van der Waals surface area contributed by atoms with E-state index in [0.29, 0.717) is 5.41 Å². The van der Waals surface area contributed by atoms with E-state index in [0.717, 1.165) is 23.0 Å². The van der Waals surface area contributed by atoms with E-state index in [4.69, 9.17) is 4.42 Å². The largest absolute Gasteiger partial charge is 0.456 e. The highest BCUT2D eigenvalue weighted by molar-refractivity contribution is 6.93. The van der Waals surface area contributed by atoms with Crippen molar-refractivity contribution in [2.75, 3.05) is 4.81 Å². The van der Waals surface area contributed by atoms with Crippen molar-refractivity contribution in [3.63, 3.8) is 0 Å². The van der Waals surface area contributed by atoms with Gasteiger partial charge in [0.05, 0.1) is 11.0 Å². The maximum Gasteiger partial charge on any atom is 0.333 e. The molecule has 0 spiro atoms. The van der Waals surface area contributed by atoms with E-state index in [1.807, 2.05) is 0 Å². The lowest BCUT2D eigenvalue weighted by Crippen LogP contribution is -2.61. The molecule has 2 aliphatic heterocycles. The van der Waals surface area contributed by atoms with Gasteiger partial charge in [0.1, 0.15) is 11.2 Å². The average molecular weight is 935 g/mol. The third kappa shape index (κ3) is 5.99. The zero-order valence-corrected chi connectivity index (χ0v) is 42.3. The van der Waals surface area contributed by atoms with E-state index in [2.05, 4.69) is 176 Å². The summed E-state index contributed by atoms with van der Waals surface area (Å²) < 4.78 is 9.77. The Morgan fingerprint density at radius 2 is 1.17 bits per heavy atom. The number of rotatable bonds is 4. The summed E-state index contributed by atoms with van der Waals surface area (Å²) >= 11 is 0. The first-order chi connectivity index (χ1) is 35.2.